The van der Waals surface area contributed by atoms with Gasteiger partial charge in [-0.3, -0.25) is 4.98 Å². The van der Waals surface area contributed by atoms with Gasteiger partial charge in [-0.1, -0.05) is 0 Å². The Kier molecular flexibility index (Phi) is 5.80. The molecule has 4 heterocycles. The van der Waals surface area contributed by atoms with Gasteiger partial charge in [-0.05, 0) is 38.8 Å². The summed E-state index contributed by atoms with van der Waals surface area (Å²) >= 11 is 0. The predicted octanol–water partition coefficient (Wildman–Crippen LogP) is 3.45. The normalized spacial score (nSPS) is 14.6. The van der Waals surface area contributed by atoms with E-state index < -0.39 is 5.95 Å². The molecule has 0 unspecified atom stereocenters. The summed E-state index contributed by atoms with van der Waals surface area (Å²) in [5.74, 6) is 0.696. The standard InChI is InChI=1S/C22H24FN7O/c1-14(2)31-18-10-17(12-26-21(18)23)19-20(16(11-24)4-7-25-19)30-8-5-15(6-9-30)22-28-27-13-29(22)3/h4,7,10,12-15H,5-6,8-9H2,1-3H3. The van der Waals surface area contributed by atoms with Gasteiger partial charge in [-0.25, -0.2) is 4.98 Å². The summed E-state index contributed by atoms with van der Waals surface area (Å²) in [5, 5.41) is 18.0. The molecule has 0 radical (unpaired) electrons. The second-order valence-electron chi connectivity index (χ2n) is 7.91. The van der Waals surface area contributed by atoms with E-state index in [4.69, 9.17) is 4.74 Å². The average Bonchev–Trinajstić information content (AvgIpc) is 3.20. The van der Waals surface area contributed by atoms with Gasteiger partial charge in [0.2, 0.25) is 0 Å². The van der Waals surface area contributed by atoms with E-state index >= 15 is 0 Å². The Balaban J connectivity index is 1.67. The van der Waals surface area contributed by atoms with Crippen LogP contribution in [0.1, 0.15) is 44.0 Å². The number of aryl methyl sites for hydroxylation is 1. The van der Waals surface area contributed by atoms with Crippen LogP contribution in [0.3, 0.4) is 0 Å². The van der Waals surface area contributed by atoms with E-state index in [1.165, 1.54) is 6.20 Å². The third-order valence-corrected chi connectivity index (χ3v) is 5.41. The first-order valence-electron chi connectivity index (χ1n) is 10.3. The summed E-state index contributed by atoms with van der Waals surface area (Å²) < 4.78 is 21.6. The maximum absolute atomic E-state index is 14.1. The highest BCUT2D eigenvalue weighted by Gasteiger charge is 2.27. The first-order chi connectivity index (χ1) is 15.0. The number of ether oxygens (including phenoxy) is 1. The van der Waals surface area contributed by atoms with Crippen molar-refractivity contribution >= 4 is 5.69 Å². The minimum absolute atomic E-state index is 0.0728. The molecule has 8 nitrogen and oxygen atoms in total. The molecule has 9 heteroatoms. The van der Waals surface area contributed by atoms with Crippen molar-refractivity contribution in [2.24, 2.45) is 7.05 Å². The Bertz CT molecular complexity index is 1110. The minimum atomic E-state index is -0.667. The molecular formula is C22H24FN7O. The molecule has 4 rings (SSSR count). The Morgan fingerprint density at radius 2 is 2.03 bits per heavy atom. The third kappa shape index (κ3) is 4.19. The van der Waals surface area contributed by atoms with E-state index in [1.54, 1.807) is 24.7 Å². The summed E-state index contributed by atoms with van der Waals surface area (Å²) in [4.78, 5) is 10.5. The van der Waals surface area contributed by atoms with Crippen molar-refractivity contribution in [1.82, 2.24) is 24.7 Å². The molecule has 0 N–H and O–H groups in total. The van der Waals surface area contributed by atoms with Gasteiger partial charge in [0.1, 0.15) is 18.2 Å². The molecule has 1 saturated heterocycles. The summed E-state index contributed by atoms with van der Waals surface area (Å²) in [7, 11) is 1.95. The topological polar surface area (TPSA) is 92.8 Å². The molecule has 31 heavy (non-hydrogen) atoms. The monoisotopic (exact) mass is 421 g/mol. The third-order valence-electron chi connectivity index (χ3n) is 5.41. The lowest BCUT2D eigenvalue weighted by atomic mass is 9.94. The van der Waals surface area contributed by atoms with E-state index in [0.29, 0.717) is 22.7 Å². The number of nitriles is 1. The van der Waals surface area contributed by atoms with E-state index in [2.05, 4.69) is 31.1 Å². The smallest absolute Gasteiger partial charge is 0.255 e. The number of anilines is 1. The zero-order chi connectivity index (χ0) is 22.0. The highest BCUT2D eigenvalue weighted by molar-refractivity contribution is 5.80. The number of pyridine rings is 2. The summed E-state index contributed by atoms with van der Waals surface area (Å²) in [6.07, 6.45) is 6.32. The van der Waals surface area contributed by atoms with Gasteiger partial charge >= 0.3 is 0 Å². The van der Waals surface area contributed by atoms with Crippen molar-refractivity contribution in [2.75, 3.05) is 18.0 Å². The van der Waals surface area contributed by atoms with E-state index in [-0.39, 0.29) is 11.9 Å². The Hall–Kier alpha value is -3.54. The minimum Gasteiger partial charge on any atom is -0.486 e. The number of hydrogen-bond donors (Lipinski definition) is 0. The van der Waals surface area contributed by atoms with Crippen LogP contribution in [0.25, 0.3) is 11.3 Å². The van der Waals surface area contributed by atoms with Crippen LogP contribution in [0, 0.1) is 17.3 Å². The Morgan fingerprint density at radius 1 is 1.26 bits per heavy atom. The quantitative estimate of drug-likeness (QED) is 0.583. The maximum atomic E-state index is 14.1. The van der Waals surface area contributed by atoms with Crippen LogP contribution in [0.15, 0.2) is 30.9 Å². The zero-order valence-corrected chi connectivity index (χ0v) is 17.8. The molecule has 1 aliphatic rings. The van der Waals surface area contributed by atoms with Crippen LogP contribution in [-0.4, -0.2) is 43.9 Å². The fourth-order valence-electron chi connectivity index (χ4n) is 3.99. The number of piperidine rings is 1. The van der Waals surface area contributed by atoms with Crippen LogP contribution in [0.4, 0.5) is 10.1 Å². The first-order valence-corrected chi connectivity index (χ1v) is 10.3. The second-order valence-corrected chi connectivity index (χ2v) is 7.91. The van der Waals surface area contributed by atoms with Crippen molar-refractivity contribution in [3.63, 3.8) is 0 Å². The van der Waals surface area contributed by atoms with Gasteiger partial charge < -0.3 is 14.2 Å². The maximum Gasteiger partial charge on any atom is 0.255 e. The molecule has 0 bridgehead atoms. The summed E-state index contributed by atoms with van der Waals surface area (Å²) in [6, 6.07) is 5.58. The van der Waals surface area contributed by atoms with Gasteiger partial charge in [0.05, 0.1) is 23.0 Å². The molecule has 0 amide bonds. The highest BCUT2D eigenvalue weighted by Crippen LogP contribution is 2.37. The first kappa shape index (κ1) is 20.7. The van der Waals surface area contributed by atoms with E-state index in [9.17, 15) is 9.65 Å². The van der Waals surface area contributed by atoms with E-state index in [0.717, 1.165) is 37.4 Å². The highest BCUT2D eigenvalue weighted by atomic mass is 19.1. The molecule has 0 aromatic carbocycles. The van der Waals surface area contributed by atoms with Gasteiger partial charge in [-0.15, -0.1) is 10.2 Å². The van der Waals surface area contributed by atoms with Crippen molar-refractivity contribution in [3.8, 4) is 23.1 Å². The van der Waals surface area contributed by atoms with Gasteiger partial charge in [-0.2, -0.15) is 9.65 Å². The van der Waals surface area contributed by atoms with E-state index in [1.807, 2.05) is 25.5 Å². The van der Waals surface area contributed by atoms with Crippen LogP contribution in [-0.2, 0) is 7.05 Å². The van der Waals surface area contributed by atoms with Gasteiger partial charge in [0.25, 0.3) is 5.95 Å². The largest absolute Gasteiger partial charge is 0.486 e. The Labute approximate surface area is 180 Å². The number of hydrogen-bond acceptors (Lipinski definition) is 7. The molecule has 0 saturated carbocycles. The van der Waals surface area contributed by atoms with Crippen LogP contribution < -0.4 is 9.64 Å². The van der Waals surface area contributed by atoms with Gasteiger partial charge in [0, 0.05) is 44.0 Å². The number of nitrogens with zero attached hydrogens (tertiary/aromatic N) is 7. The van der Waals surface area contributed by atoms with Crippen molar-refractivity contribution in [1.29, 1.82) is 5.26 Å². The fourth-order valence-corrected chi connectivity index (χ4v) is 3.99. The van der Waals surface area contributed by atoms with Crippen LogP contribution >= 0.6 is 0 Å². The molecule has 0 spiro atoms. The van der Waals surface area contributed by atoms with Crippen LogP contribution in [0.5, 0.6) is 5.75 Å². The molecule has 0 atom stereocenters. The molecule has 160 valence electrons. The molecular weight excluding hydrogens is 397 g/mol. The molecule has 1 aliphatic heterocycles. The lowest BCUT2D eigenvalue weighted by Crippen LogP contribution is -2.34. The summed E-state index contributed by atoms with van der Waals surface area (Å²) in [6.45, 7) is 5.14. The lowest BCUT2D eigenvalue weighted by Gasteiger charge is -2.34. The predicted molar refractivity (Wildman–Crippen MR) is 113 cm³/mol. The molecule has 3 aromatic rings. The fraction of sp³-hybridized carbons (Fsp3) is 0.409. The van der Waals surface area contributed by atoms with Crippen LogP contribution in [0.2, 0.25) is 0 Å². The number of aromatic nitrogens is 5. The van der Waals surface area contributed by atoms with Gasteiger partial charge in [0.15, 0.2) is 5.75 Å². The average molecular weight is 421 g/mol. The molecule has 0 aliphatic carbocycles. The zero-order valence-electron chi connectivity index (χ0n) is 17.8. The second kappa shape index (κ2) is 8.68. The van der Waals surface area contributed by atoms with Crippen molar-refractivity contribution < 1.29 is 9.13 Å². The SMILES string of the molecule is CC(C)Oc1cc(-c2nccc(C#N)c2N2CCC(c3nncn3C)CC2)cnc1F. The molecule has 1 fully saturated rings. The summed E-state index contributed by atoms with van der Waals surface area (Å²) in [5.41, 5.74) is 2.47. The van der Waals surface area contributed by atoms with Crippen molar-refractivity contribution in [2.45, 2.75) is 38.7 Å². The Morgan fingerprint density at radius 3 is 2.68 bits per heavy atom. The number of halogens is 1. The lowest BCUT2D eigenvalue weighted by molar-refractivity contribution is 0.228. The molecule has 3 aromatic heterocycles. The number of rotatable bonds is 5. The van der Waals surface area contributed by atoms with Crippen molar-refractivity contribution in [3.05, 3.63) is 48.2 Å².